The molecule has 3 saturated heterocycles. The van der Waals surface area contributed by atoms with Crippen molar-refractivity contribution in [3.8, 4) is 0 Å². The average Bonchev–Trinajstić information content (AvgIpc) is 3.98. The van der Waals surface area contributed by atoms with E-state index < -0.39 is 30.0 Å². The molecule has 3 aliphatic heterocycles. The lowest BCUT2D eigenvalue weighted by molar-refractivity contribution is -0.135. The van der Waals surface area contributed by atoms with Crippen LogP contribution in [-0.4, -0.2) is 127 Å². The van der Waals surface area contributed by atoms with Crippen LogP contribution in [0.2, 0.25) is 0 Å². The number of fused-ring (bicyclic) bond motifs is 2. The summed E-state index contributed by atoms with van der Waals surface area (Å²) < 4.78 is 40.3. The van der Waals surface area contributed by atoms with E-state index in [1.165, 1.54) is 15.3 Å². The Balaban J connectivity index is 0.760. The van der Waals surface area contributed by atoms with E-state index in [1.807, 2.05) is 18.2 Å². The summed E-state index contributed by atoms with van der Waals surface area (Å²) in [7, 11) is 3.95. The zero-order valence-electron chi connectivity index (χ0n) is 35.2. The van der Waals surface area contributed by atoms with Crippen LogP contribution in [0.25, 0.3) is 16.7 Å². The van der Waals surface area contributed by atoms with Gasteiger partial charge in [0.05, 0.1) is 42.2 Å². The number of aromatic nitrogens is 7. The fourth-order valence-corrected chi connectivity index (χ4v) is 9.99. The monoisotopic (exact) mass is 856 g/mol. The first kappa shape index (κ1) is 41.8. The maximum atomic E-state index is 14.3. The topological polar surface area (TPSA) is 169 Å². The minimum Gasteiger partial charge on any atom is -0.378 e. The quantitative estimate of drug-likeness (QED) is 0.174. The largest absolute Gasteiger partial charge is 0.378 e. The third kappa shape index (κ3) is 8.36. The predicted molar refractivity (Wildman–Crippen MR) is 227 cm³/mol. The van der Waals surface area contributed by atoms with E-state index in [4.69, 9.17) is 4.74 Å². The molecule has 4 fully saturated rings. The smallest absolute Gasteiger partial charge is 0.329 e. The predicted octanol–water partition coefficient (Wildman–Crippen LogP) is 3.95. The second-order valence-corrected chi connectivity index (χ2v) is 17.3. The van der Waals surface area contributed by atoms with Gasteiger partial charge in [-0.2, -0.15) is 10.2 Å². The Kier molecular flexibility index (Phi) is 11.9. The Morgan fingerprint density at radius 1 is 1.02 bits per heavy atom. The molecule has 0 bridgehead atoms. The van der Waals surface area contributed by atoms with E-state index in [-0.39, 0.29) is 35.3 Å². The zero-order valence-corrected chi connectivity index (χ0v) is 35.2. The number of carbonyl (C=O) groups excluding carboxylic acids is 3. The Morgan fingerprint density at radius 2 is 1.79 bits per heavy atom. The van der Waals surface area contributed by atoms with Crippen LogP contribution < -0.4 is 21.2 Å². The molecule has 5 aromatic rings. The first-order valence-electron chi connectivity index (χ1n) is 21.8. The van der Waals surface area contributed by atoms with Crippen molar-refractivity contribution in [3.63, 3.8) is 0 Å². The molecule has 1 atom stereocenters. The number of carbonyl (C=O) groups is 3. The second-order valence-electron chi connectivity index (χ2n) is 17.3. The van der Waals surface area contributed by atoms with Crippen molar-refractivity contribution >= 4 is 45.9 Å². The van der Waals surface area contributed by atoms with Crippen molar-refractivity contribution < 1.29 is 27.9 Å². The standard InChI is InChI=1S/C43H54F2N12O5/c1-51(29-13-17-53(18-14-29)16-12-28-4-3-5-33-38(28)52(2)43(61)57(33)34-10-11-36(58)49-42(34)60)25-27-6-8-30(9-7-27)56-26-32(37(50-56)39(44)45)47-41(59)31-24-46-55-19-15-35(48-40(31)55)54-20-22-62-23-21-54/h3-5,15,19,24,26-27,29-30,34,39H,6-14,16-18,20-23,25H2,1-2H3,(H,47,59)(H,49,58,60). The molecule has 19 heteroatoms. The van der Waals surface area contributed by atoms with E-state index in [2.05, 4.69) is 53.6 Å². The number of imide groups is 1. The number of rotatable bonds is 12. The third-order valence-corrected chi connectivity index (χ3v) is 13.5. The van der Waals surface area contributed by atoms with Crippen molar-refractivity contribution in [3.05, 3.63) is 70.2 Å². The SMILES string of the molecule is CN(CC1CCC(n2cc(NC(=O)c3cnn4ccc(N5CCOCC5)nc34)c(C(F)F)n2)CC1)C1CCN(CCc2cccc3c2n(C)c(=O)n3C2CCC(=O)NC2=O)CC1. The maximum Gasteiger partial charge on any atom is 0.329 e. The number of nitrogens with zero attached hydrogens (tertiary/aromatic N) is 10. The molecular formula is C43H54F2N12O5. The summed E-state index contributed by atoms with van der Waals surface area (Å²) in [4.78, 5) is 63.0. The molecule has 0 spiro atoms. The number of nitrogens with one attached hydrogen (secondary N) is 2. The van der Waals surface area contributed by atoms with E-state index in [9.17, 15) is 28.0 Å². The summed E-state index contributed by atoms with van der Waals surface area (Å²) in [6.07, 6.45) is 8.74. The number of amides is 3. The number of likely N-dealkylation sites (tertiary alicyclic amines) is 1. The van der Waals surface area contributed by atoms with Gasteiger partial charge < -0.3 is 24.8 Å². The van der Waals surface area contributed by atoms with Gasteiger partial charge in [0.1, 0.15) is 17.4 Å². The van der Waals surface area contributed by atoms with Gasteiger partial charge in [0.25, 0.3) is 12.3 Å². The Labute approximate surface area is 357 Å². The van der Waals surface area contributed by atoms with E-state index >= 15 is 0 Å². The lowest BCUT2D eigenvalue weighted by Crippen LogP contribution is -2.45. The number of piperidine rings is 2. The number of alkyl halides is 2. The van der Waals surface area contributed by atoms with Crippen molar-refractivity contribution in [1.29, 1.82) is 0 Å². The number of para-hydroxylation sites is 1. The van der Waals surface area contributed by atoms with Crippen molar-refractivity contribution in [1.82, 2.24) is 48.6 Å². The first-order valence-corrected chi connectivity index (χ1v) is 21.8. The van der Waals surface area contributed by atoms with Gasteiger partial charge in [-0.05, 0) is 95.1 Å². The number of hydrogen-bond acceptors (Lipinski definition) is 11. The molecular weight excluding hydrogens is 803 g/mol. The van der Waals surface area contributed by atoms with Crippen molar-refractivity contribution in [2.24, 2.45) is 13.0 Å². The second kappa shape index (κ2) is 17.7. The minimum atomic E-state index is -2.86. The number of halogens is 2. The van der Waals surface area contributed by atoms with Crippen molar-refractivity contribution in [2.45, 2.75) is 82.3 Å². The van der Waals surface area contributed by atoms with Crippen LogP contribution in [0.3, 0.4) is 0 Å². The fourth-order valence-electron chi connectivity index (χ4n) is 9.99. The van der Waals surface area contributed by atoms with Crippen LogP contribution in [0.4, 0.5) is 20.3 Å². The van der Waals surface area contributed by atoms with Gasteiger partial charge in [-0.25, -0.2) is 23.1 Å². The number of ether oxygens (including phenoxy) is 1. The average molecular weight is 857 g/mol. The van der Waals surface area contributed by atoms with Gasteiger partial charge in [-0.15, -0.1) is 0 Å². The molecule has 330 valence electrons. The molecule has 1 saturated carbocycles. The molecule has 4 aromatic heterocycles. The number of benzene rings is 1. The van der Waals surface area contributed by atoms with E-state index in [1.54, 1.807) is 28.7 Å². The molecule has 1 unspecified atom stereocenters. The molecule has 0 radical (unpaired) electrons. The molecule has 2 N–H and O–H groups in total. The Morgan fingerprint density at radius 3 is 2.53 bits per heavy atom. The third-order valence-electron chi connectivity index (χ3n) is 13.5. The summed E-state index contributed by atoms with van der Waals surface area (Å²) in [6.45, 7) is 6.31. The number of hydrogen-bond donors (Lipinski definition) is 2. The van der Waals surface area contributed by atoms with Crippen LogP contribution in [0, 0.1) is 5.92 Å². The Bertz CT molecular complexity index is 2510. The lowest BCUT2D eigenvalue weighted by Gasteiger charge is -2.39. The summed E-state index contributed by atoms with van der Waals surface area (Å²) >= 11 is 0. The van der Waals surface area contributed by atoms with Gasteiger partial charge in [-0.1, -0.05) is 12.1 Å². The highest BCUT2D eigenvalue weighted by Gasteiger charge is 2.33. The number of imidazole rings is 1. The van der Waals surface area contributed by atoms with Gasteiger partial charge >= 0.3 is 5.69 Å². The van der Waals surface area contributed by atoms with Gasteiger partial charge in [-0.3, -0.25) is 33.5 Å². The normalized spacial score (nSPS) is 22.0. The summed E-state index contributed by atoms with van der Waals surface area (Å²) in [5.41, 5.74) is 2.42. The van der Waals surface area contributed by atoms with Crippen molar-refractivity contribution in [2.75, 3.05) is 69.7 Å². The molecule has 7 heterocycles. The number of anilines is 2. The highest BCUT2D eigenvalue weighted by atomic mass is 19.3. The summed E-state index contributed by atoms with van der Waals surface area (Å²) in [5.74, 6) is -0.131. The van der Waals surface area contributed by atoms with Gasteiger partial charge in [0.15, 0.2) is 11.3 Å². The molecule has 3 amide bonds. The summed E-state index contributed by atoms with van der Waals surface area (Å²) in [5, 5.41) is 13.6. The van der Waals surface area contributed by atoms with Crippen LogP contribution in [0.15, 0.2) is 47.7 Å². The van der Waals surface area contributed by atoms with Gasteiger partial charge in [0, 0.05) is 58.1 Å². The highest BCUT2D eigenvalue weighted by Crippen LogP contribution is 2.36. The van der Waals surface area contributed by atoms with E-state index in [0.29, 0.717) is 61.7 Å². The molecule has 4 aliphatic rings. The first-order chi connectivity index (χ1) is 30.0. The highest BCUT2D eigenvalue weighted by molar-refractivity contribution is 6.08. The van der Waals surface area contributed by atoms with Crippen LogP contribution in [0.5, 0.6) is 0 Å². The molecule has 9 rings (SSSR count). The van der Waals surface area contributed by atoms with Crippen LogP contribution in [-0.2, 0) is 27.8 Å². The lowest BCUT2D eigenvalue weighted by atomic mass is 9.85. The van der Waals surface area contributed by atoms with E-state index in [0.717, 1.165) is 82.2 Å². The molecule has 62 heavy (non-hydrogen) atoms. The van der Waals surface area contributed by atoms with Gasteiger partial charge in [0.2, 0.25) is 11.8 Å². The summed E-state index contributed by atoms with van der Waals surface area (Å²) in [6, 6.07) is 7.42. The number of aryl methyl sites for hydroxylation is 1. The minimum absolute atomic E-state index is 0.00609. The molecule has 1 aromatic carbocycles. The Hall–Kier alpha value is -5.53. The van der Waals surface area contributed by atoms with Crippen LogP contribution >= 0.6 is 0 Å². The zero-order chi connectivity index (χ0) is 43.1. The molecule has 17 nitrogen and oxygen atoms in total. The maximum absolute atomic E-state index is 14.3. The fraction of sp³-hybridized carbons (Fsp3) is 0.558. The van der Waals surface area contributed by atoms with Crippen LogP contribution in [0.1, 0.15) is 91.5 Å². The molecule has 1 aliphatic carbocycles. The number of morpholine rings is 1.